The summed E-state index contributed by atoms with van der Waals surface area (Å²) in [6.45, 7) is 2.71. The molecule has 1 fully saturated rings. The van der Waals surface area contributed by atoms with Crippen LogP contribution in [0.2, 0.25) is 6.32 Å². The van der Waals surface area contributed by atoms with Crippen molar-refractivity contribution >= 4 is 7.12 Å². The van der Waals surface area contributed by atoms with Crippen LogP contribution < -0.4 is 11.1 Å². The van der Waals surface area contributed by atoms with Crippen LogP contribution in [0.4, 0.5) is 0 Å². The number of hydrogen-bond donors (Lipinski definition) is 4. The molecule has 0 saturated carbocycles. The van der Waals surface area contributed by atoms with Gasteiger partial charge in [0.2, 0.25) is 0 Å². The average Bonchev–Trinajstić information content (AvgIpc) is 2.53. The molecule has 0 aliphatic carbocycles. The molecule has 13 heavy (non-hydrogen) atoms. The van der Waals surface area contributed by atoms with Gasteiger partial charge in [-0.05, 0) is 37.7 Å². The maximum absolute atomic E-state index is 8.69. The molecule has 5 N–H and O–H groups in total. The third-order valence-corrected chi connectivity index (χ3v) is 2.93. The summed E-state index contributed by atoms with van der Waals surface area (Å²) in [7, 11) is -1.16. The number of nitrogens with two attached hydrogens (primary N) is 1. The SMILES string of the molecule is NC[C@@]1(CCCB(O)O)CCNC1. The standard InChI is InChI=1S/C8H19BN2O2/c10-6-8(3-5-11-7-8)2-1-4-9(12)13/h11-13H,1-7,10H2/t8-/m1/s1. The predicted octanol–water partition coefficient (Wildman–Crippen LogP) is -0.822. The fraction of sp³-hybridized carbons (Fsp3) is 1.00. The lowest BCUT2D eigenvalue weighted by Crippen LogP contribution is -2.33. The Labute approximate surface area is 79.7 Å². The van der Waals surface area contributed by atoms with E-state index >= 15 is 0 Å². The molecule has 0 bridgehead atoms. The fourth-order valence-corrected chi connectivity index (χ4v) is 1.94. The van der Waals surface area contributed by atoms with E-state index in [1.165, 1.54) is 0 Å². The number of hydrogen-bond acceptors (Lipinski definition) is 4. The molecule has 0 aromatic rings. The van der Waals surface area contributed by atoms with Crippen molar-refractivity contribution in [2.24, 2.45) is 11.1 Å². The minimum Gasteiger partial charge on any atom is -0.427 e. The number of rotatable bonds is 5. The summed E-state index contributed by atoms with van der Waals surface area (Å²) >= 11 is 0. The second-order valence-corrected chi connectivity index (χ2v) is 4.00. The zero-order chi connectivity index (χ0) is 9.73. The van der Waals surface area contributed by atoms with Crippen LogP contribution in [0.3, 0.4) is 0 Å². The van der Waals surface area contributed by atoms with Gasteiger partial charge in [-0.15, -0.1) is 0 Å². The first-order valence-electron chi connectivity index (χ1n) is 4.95. The lowest BCUT2D eigenvalue weighted by molar-refractivity contribution is 0.299. The van der Waals surface area contributed by atoms with Gasteiger partial charge < -0.3 is 21.1 Å². The van der Waals surface area contributed by atoms with E-state index in [9.17, 15) is 0 Å². The molecular weight excluding hydrogens is 167 g/mol. The van der Waals surface area contributed by atoms with Crippen LogP contribution in [-0.2, 0) is 0 Å². The second-order valence-electron chi connectivity index (χ2n) is 4.00. The second kappa shape index (κ2) is 4.95. The molecule has 0 aromatic carbocycles. The van der Waals surface area contributed by atoms with E-state index < -0.39 is 7.12 Å². The highest BCUT2D eigenvalue weighted by atomic mass is 16.4. The molecule has 1 aliphatic heterocycles. The first kappa shape index (κ1) is 11.0. The largest absolute Gasteiger partial charge is 0.451 e. The monoisotopic (exact) mass is 186 g/mol. The Morgan fingerprint density at radius 1 is 1.46 bits per heavy atom. The smallest absolute Gasteiger partial charge is 0.427 e. The minimum absolute atomic E-state index is 0.217. The highest BCUT2D eigenvalue weighted by molar-refractivity contribution is 6.40. The topological polar surface area (TPSA) is 78.5 Å². The quantitative estimate of drug-likeness (QED) is 0.423. The van der Waals surface area contributed by atoms with Crippen molar-refractivity contribution in [3.05, 3.63) is 0 Å². The van der Waals surface area contributed by atoms with Crippen LogP contribution in [0.25, 0.3) is 0 Å². The van der Waals surface area contributed by atoms with Crippen LogP contribution >= 0.6 is 0 Å². The maximum Gasteiger partial charge on any atom is 0.451 e. The molecule has 0 unspecified atom stereocenters. The molecular formula is C8H19BN2O2. The Morgan fingerprint density at radius 2 is 2.23 bits per heavy atom. The van der Waals surface area contributed by atoms with Gasteiger partial charge in [0.15, 0.2) is 0 Å². The Bertz CT molecular complexity index is 149. The first-order chi connectivity index (χ1) is 6.18. The summed E-state index contributed by atoms with van der Waals surface area (Å²) in [6.07, 6.45) is 3.41. The van der Waals surface area contributed by atoms with E-state index in [-0.39, 0.29) is 5.41 Å². The first-order valence-corrected chi connectivity index (χ1v) is 4.95. The Hall–Kier alpha value is -0.0951. The normalized spacial score (nSPS) is 27.9. The third kappa shape index (κ3) is 3.27. The Balaban J connectivity index is 2.23. The van der Waals surface area contributed by atoms with Crippen molar-refractivity contribution in [2.75, 3.05) is 19.6 Å². The van der Waals surface area contributed by atoms with Gasteiger partial charge in [0.1, 0.15) is 0 Å². The van der Waals surface area contributed by atoms with Crippen molar-refractivity contribution in [1.82, 2.24) is 5.32 Å². The molecule has 5 heteroatoms. The summed E-state index contributed by atoms with van der Waals surface area (Å²) in [6, 6.07) is 0. The molecule has 0 spiro atoms. The zero-order valence-electron chi connectivity index (χ0n) is 8.00. The Morgan fingerprint density at radius 3 is 2.69 bits per heavy atom. The van der Waals surface area contributed by atoms with Gasteiger partial charge in [-0.2, -0.15) is 0 Å². The summed E-state index contributed by atoms with van der Waals surface area (Å²) in [5, 5.41) is 20.7. The van der Waals surface area contributed by atoms with Crippen molar-refractivity contribution in [2.45, 2.75) is 25.6 Å². The molecule has 76 valence electrons. The van der Waals surface area contributed by atoms with Gasteiger partial charge in [0.05, 0.1) is 0 Å². The molecule has 0 aromatic heterocycles. The van der Waals surface area contributed by atoms with Gasteiger partial charge in [0.25, 0.3) is 0 Å². The molecule has 0 amide bonds. The molecule has 1 saturated heterocycles. The van der Waals surface area contributed by atoms with Crippen LogP contribution in [-0.4, -0.2) is 36.8 Å². The summed E-state index contributed by atoms with van der Waals surface area (Å²) in [4.78, 5) is 0. The lowest BCUT2D eigenvalue weighted by atomic mass is 9.76. The maximum atomic E-state index is 8.69. The van der Waals surface area contributed by atoms with Crippen LogP contribution in [0.5, 0.6) is 0 Å². The average molecular weight is 186 g/mol. The third-order valence-electron chi connectivity index (χ3n) is 2.93. The molecule has 1 rings (SSSR count). The Kier molecular flexibility index (Phi) is 4.19. The van der Waals surface area contributed by atoms with E-state index in [0.717, 1.165) is 32.4 Å². The van der Waals surface area contributed by atoms with Crippen molar-refractivity contribution < 1.29 is 10.0 Å². The van der Waals surface area contributed by atoms with Crippen molar-refractivity contribution in [3.63, 3.8) is 0 Å². The van der Waals surface area contributed by atoms with E-state index in [1.807, 2.05) is 0 Å². The highest BCUT2D eigenvalue weighted by Crippen LogP contribution is 2.30. The summed E-state index contributed by atoms with van der Waals surface area (Å²) in [5.41, 5.74) is 5.94. The minimum atomic E-state index is -1.16. The van der Waals surface area contributed by atoms with Crippen LogP contribution in [0.15, 0.2) is 0 Å². The van der Waals surface area contributed by atoms with Crippen LogP contribution in [0, 0.1) is 5.41 Å². The van der Waals surface area contributed by atoms with Crippen molar-refractivity contribution in [3.8, 4) is 0 Å². The van der Waals surface area contributed by atoms with Gasteiger partial charge in [-0.1, -0.05) is 6.42 Å². The van der Waals surface area contributed by atoms with Gasteiger partial charge in [0, 0.05) is 6.54 Å². The van der Waals surface area contributed by atoms with E-state index in [2.05, 4.69) is 5.32 Å². The lowest BCUT2D eigenvalue weighted by Gasteiger charge is -2.26. The van der Waals surface area contributed by atoms with Gasteiger partial charge in [-0.25, -0.2) is 0 Å². The molecule has 4 nitrogen and oxygen atoms in total. The van der Waals surface area contributed by atoms with Gasteiger partial charge in [-0.3, -0.25) is 0 Å². The van der Waals surface area contributed by atoms with E-state index in [0.29, 0.717) is 12.9 Å². The fourth-order valence-electron chi connectivity index (χ4n) is 1.94. The van der Waals surface area contributed by atoms with E-state index in [4.69, 9.17) is 15.8 Å². The molecule has 1 atom stereocenters. The van der Waals surface area contributed by atoms with E-state index in [1.54, 1.807) is 0 Å². The number of nitrogens with one attached hydrogen (secondary N) is 1. The molecule has 1 heterocycles. The predicted molar refractivity (Wildman–Crippen MR) is 53.2 cm³/mol. The van der Waals surface area contributed by atoms with Crippen LogP contribution in [0.1, 0.15) is 19.3 Å². The molecule has 1 aliphatic rings. The van der Waals surface area contributed by atoms with Gasteiger partial charge >= 0.3 is 7.12 Å². The highest BCUT2D eigenvalue weighted by Gasteiger charge is 2.31. The molecule has 0 radical (unpaired) electrons. The summed E-state index contributed by atoms with van der Waals surface area (Å²) < 4.78 is 0. The zero-order valence-corrected chi connectivity index (χ0v) is 8.00. The van der Waals surface area contributed by atoms with Crippen molar-refractivity contribution in [1.29, 1.82) is 0 Å². The summed E-state index contributed by atoms with van der Waals surface area (Å²) in [5.74, 6) is 0.